The zero-order valence-corrected chi connectivity index (χ0v) is 40.6. The number of allylic oxidation sites excluding steroid dienone is 12. The fraction of sp³-hybridized carbons (Fsp3) is 0.732. The third-order valence-electron chi connectivity index (χ3n) is 11.1. The first-order valence-electron chi connectivity index (χ1n) is 26.0. The van der Waals surface area contributed by atoms with Gasteiger partial charge in [-0.25, -0.2) is 0 Å². The maximum atomic E-state index is 12.8. The lowest BCUT2D eigenvalue weighted by atomic mass is 10.0. The molecule has 0 aliphatic rings. The molecule has 0 bridgehead atoms. The zero-order chi connectivity index (χ0) is 45.1. The molecule has 0 saturated carbocycles. The van der Waals surface area contributed by atoms with Crippen LogP contribution in [0.25, 0.3) is 0 Å². The van der Waals surface area contributed by atoms with Gasteiger partial charge in [0.05, 0.1) is 0 Å². The van der Waals surface area contributed by atoms with Crippen LogP contribution in [0.1, 0.15) is 245 Å². The number of unbranched alkanes of at least 4 members (excludes halogenated alkanes) is 26. The van der Waals surface area contributed by atoms with Gasteiger partial charge in [-0.2, -0.15) is 0 Å². The van der Waals surface area contributed by atoms with Gasteiger partial charge < -0.3 is 14.2 Å². The average Bonchev–Trinajstić information content (AvgIpc) is 3.27. The smallest absolute Gasteiger partial charge is 0.306 e. The SMILES string of the molecule is CC\C=C/C=C\C=C/C=C\CCCCCCCC(=O)OCC(COC(=O)CCCCCCCCC/C=C\C/C=C\CC)OC(=O)CCCCCCCCCCCCCCCCC. The summed E-state index contributed by atoms with van der Waals surface area (Å²) in [5, 5.41) is 0. The van der Waals surface area contributed by atoms with Gasteiger partial charge in [0.2, 0.25) is 0 Å². The zero-order valence-electron chi connectivity index (χ0n) is 40.6. The van der Waals surface area contributed by atoms with E-state index in [-0.39, 0.29) is 31.1 Å². The van der Waals surface area contributed by atoms with Crippen molar-refractivity contribution in [2.75, 3.05) is 13.2 Å². The summed E-state index contributed by atoms with van der Waals surface area (Å²) in [4.78, 5) is 38.0. The van der Waals surface area contributed by atoms with Crippen molar-refractivity contribution < 1.29 is 28.6 Å². The van der Waals surface area contributed by atoms with E-state index in [1.807, 2.05) is 18.2 Å². The number of carbonyl (C=O) groups excluding carboxylic acids is 3. The Hall–Kier alpha value is -3.15. The van der Waals surface area contributed by atoms with Gasteiger partial charge in [0.1, 0.15) is 13.2 Å². The van der Waals surface area contributed by atoms with Gasteiger partial charge in [-0.05, 0) is 64.2 Å². The quantitative estimate of drug-likeness (QED) is 0.0199. The number of ether oxygens (including phenoxy) is 3. The minimum atomic E-state index is -0.786. The van der Waals surface area contributed by atoms with E-state index in [0.717, 1.165) is 103 Å². The van der Waals surface area contributed by atoms with E-state index in [4.69, 9.17) is 14.2 Å². The summed E-state index contributed by atoms with van der Waals surface area (Å²) in [7, 11) is 0. The highest BCUT2D eigenvalue weighted by atomic mass is 16.6. The van der Waals surface area contributed by atoms with E-state index in [0.29, 0.717) is 19.3 Å². The molecule has 356 valence electrons. The molecule has 6 heteroatoms. The van der Waals surface area contributed by atoms with Crippen molar-refractivity contribution in [1.29, 1.82) is 0 Å². The molecular formula is C56H96O6. The summed E-state index contributed by atoms with van der Waals surface area (Å²) in [6.45, 7) is 6.38. The van der Waals surface area contributed by atoms with Crippen LogP contribution in [0.5, 0.6) is 0 Å². The maximum absolute atomic E-state index is 12.8. The van der Waals surface area contributed by atoms with E-state index in [9.17, 15) is 14.4 Å². The van der Waals surface area contributed by atoms with Crippen LogP contribution in [0.2, 0.25) is 0 Å². The molecule has 0 aliphatic carbocycles. The molecule has 0 aromatic heterocycles. The van der Waals surface area contributed by atoms with Crippen molar-refractivity contribution in [2.24, 2.45) is 0 Å². The molecule has 0 N–H and O–H groups in total. The monoisotopic (exact) mass is 865 g/mol. The largest absolute Gasteiger partial charge is 0.462 e. The number of hydrogen-bond donors (Lipinski definition) is 0. The second kappa shape index (κ2) is 50.5. The van der Waals surface area contributed by atoms with Crippen molar-refractivity contribution >= 4 is 17.9 Å². The highest BCUT2D eigenvalue weighted by molar-refractivity contribution is 5.71. The van der Waals surface area contributed by atoms with Gasteiger partial charge in [0, 0.05) is 19.3 Å². The first kappa shape index (κ1) is 58.9. The lowest BCUT2D eigenvalue weighted by molar-refractivity contribution is -0.167. The van der Waals surface area contributed by atoms with E-state index < -0.39 is 6.10 Å². The van der Waals surface area contributed by atoms with Crippen molar-refractivity contribution in [3.05, 3.63) is 72.9 Å². The number of rotatable bonds is 46. The molecule has 62 heavy (non-hydrogen) atoms. The predicted molar refractivity (Wildman–Crippen MR) is 265 cm³/mol. The molecule has 0 fully saturated rings. The van der Waals surface area contributed by atoms with E-state index in [2.05, 4.69) is 75.5 Å². The van der Waals surface area contributed by atoms with Crippen LogP contribution in [0, 0.1) is 0 Å². The van der Waals surface area contributed by atoms with Gasteiger partial charge in [0.15, 0.2) is 6.10 Å². The Balaban J connectivity index is 4.42. The van der Waals surface area contributed by atoms with Gasteiger partial charge in [-0.15, -0.1) is 0 Å². The predicted octanol–water partition coefficient (Wildman–Crippen LogP) is 17.0. The molecule has 1 atom stereocenters. The Bertz CT molecular complexity index is 1180. The molecule has 1 unspecified atom stereocenters. The fourth-order valence-corrected chi connectivity index (χ4v) is 7.20. The molecule has 0 heterocycles. The molecule has 0 amide bonds. The van der Waals surface area contributed by atoms with Crippen molar-refractivity contribution in [3.8, 4) is 0 Å². The van der Waals surface area contributed by atoms with Crippen LogP contribution in [0.3, 0.4) is 0 Å². The highest BCUT2D eigenvalue weighted by Crippen LogP contribution is 2.15. The lowest BCUT2D eigenvalue weighted by Crippen LogP contribution is -2.30. The first-order chi connectivity index (χ1) is 30.5. The van der Waals surface area contributed by atoms with Crippen LogP contribution in [-0.2, 0) is 28.6 Å². The van der Waals surface area contributed by atoms with Crippen molar-refractivity contribution in [3.63, 3.8) is 0 Å². The Morgan fingerprint density at radius 2 is 0.710 bits per heavy atom. The van der Waals surface area contributed by atoms with E-state index in [1.54, 1.807) is 0 Å². The molecule has 0 aliphatic heterocycles. The van der Waals surface area contributed by atoms with E-state index in [1.165, 1.54) is 103 Å². The molecule has 0 saturated heterocycles. The lowest BCUT2D eigenvalue weighted by Gasteiger charge is -2.18. The molecular weight excluding hydrogens is 769 g/mol. The van der Waals surface area contributed by atoms with Crippen LogP contribution >= 0.6 is 0 Å². The van der Waals surface area contributed by atoms with E-state index >= 15 is 0 Å². The fourth-order valence-electron chi connectivity index (χ4n) is 7.20. The van der Waals surface area contributed by atoms with Gasteiger partial charge >= 0.3 is 17.9 Å². The second-order valence-corrected chi connectivity index (χ2v) is 17.1. The minimum Gasteiger partial charge on any atom is -0.462 e. The molecule has 6 nitrogen and oxygen atoms in total. The van der Waals surface area contributed by atoms with Gasteiger partial charge in [-0.1, -0.05) is 235 Å². The number of esters is 3. The Morgan fingerprint density at radius 1 is 0.355 bits per heavy atom. The molecule has 0 spiro atoms. The van der Waals surface area contributed by atoms with Gasteiger partial charge in [0.25, 0.3) is 0 Å². The summed E-state index contributed by atoms with van der Waals surface area (Å²) in [5.41, 5.74) is 0. The number of hydrogen-bond acceptors (Lipinski definition) is 6. The van der Waals surface area contributed by atoms with Crippen LogP contribution in [0.15, 0.2) is 72.9 Å². The normalized spacial score (nSPS) is 12.6. The third-order valence-corrected chi connectivity index (χ3v) is 11.1. The molecule has 0 aromatic rings. The van der Waals surface area contributed by atoms with Crippen LogP contribution in [-0.4, -0.2) is 37.2 Å². The van der Waals surface area contributed by atoms with Gasteiger partial charge in [-0.3, -0.25) is 14.4 Å². The second-order valence-electron chi connectivity index (χ2n) is 17.1. The topological polar surface area (TPSA) is 78.9 Å². The third kappa shape index (κ3) is 47.9. The summed E-state index contributed by atoms with van der Waals surface area (Å²) >= 11 is 0. The van der Waals surface area contributed by atoms with Crippen LogP contribution < -0.4 is 0 Å². The average molecular weight is 865 g/mol. The number of carbonyl (C=O) groups is 3. The van der Waals surface area contributed by atoms with Crippen LogP contribution in [0.4, 0.5) is 0 Å². The standard InChI is InChI=1S/C56H96O6/c1-4-7-10-13-16-19-22-25-28-31-34-37-40-43-46-49-55(58)61-52-53(51-60-54(57)48-45-42-39-36-33-30-27-24-21-18-15-12-9-6-3)62-56(59)50-47-44-41-38-35-32-29-26-23-20-17-14-11-8-5-2/h7,9-10,12-13,16,18-19,21-22,25,28,53H,4-6,8,11,14-15,17,20,23-24,26-27,29-52H2,1-3H3/b10-7-,12-9-,16-13-,21-18-,22-19-,28-25-. The molecule has 0 rings (SSSR count). The maximum Gasteiger partial charge on any atom is 0.306 e. The summed E-state index contributed by atoms with van der Waals surface area (Å²) in [6, 6.07) is 0. The Morgan fingerprint density at radius 3 is 1.16 bits per heavy atom. The highest BCUT2D eigenvalue weighted by Gasteiger charge is 2.19. The van der Waals surface area contributed by atoms with Crippen molar-refractivity contribution in [1.82, 2.24) is 0 Å². The first-order valence-corrected chi connectivity index (χ1v) is 26.0. The molecule has 0 aromatic carbocycles. The summed E-state index contributed by atoms with van der Waals surface area (Å²) < 4.78 is 16.8. The Labute approximate surface area is 382 Å². The summed E-state index contributed by atoms with van der Waals surface area (Å²) in [5.74, 6) is -0.913. The summed E-state index contributed by atoms with van der Waals surface area (Å²) in [6.07, 6.45) is 63.1. The van der Waals surface area contributed by atoms with Crippen molar-refractivity contribution in [2.45, 2.75) is 252 Å². The minimum absolute atomic E-state index is 0.0860. The Kier molecular flexibility index (Phi) is 47.9. The molecule has 0 radical (unpaired) electrons.